The third-order valence-electron chi connectivity index (χ3n) is 3.21. The van der Waals surface area contributed by atoms with Crippen LogP contribution < -0.4 is 10.6 Å². The topological polar surface area (TPSA) is 125 Å². The number of amides is 1. The summed E-state index contributed by atoms with van der Waals surface area (Å²) in [5.74, 6) is -0.759. The molecule has 0 atom stereocenters. The first-order valence-corrected chi connectivity index (χ1v) is 8.80. The summed E-state index contributed by atoms with van der Waals surface area (Å²) in [4.78, 5) is 19.2. The highest BCUT2D eigenvalue weighted by Crippen LogP contribution is 2.30. The summed E-state index contributed by atoms with van der Waals surface area (Å²) in [6.45, 7) is 0.0275. The number of alkyl halides is 3. The Morgan fingerprint density at radius 2 is 1.81 bits per heavy atom. The van der Waals surface area contributed by atoms with Crippen LogP contribution in [0.15, 0.2) is 41.7 Å². The standard InChI is InChI=1S/C15H12F3N5O3S/c16-15(17,18)27(25,26)14-11(4-2-6-23-14)13(24)22-8-7-21-12-10(9-19)3-1-5-20-12/h1-6H,7-8H2,(H,20,21)(H,22,24). The Bertz CT molecular complexity index is 987. The van der Waals surface area contributed by atoms with E-state index in [-0.39, 0.29) is 24.5 Å². The molecule has 0 unspecified atom stereocenters. The number of anilines is 1. The number of halogens is 3. The van der Waals surface area contributed by atoms with Gasteiger partial charge in [0.05, 0.1) is 11.1 Å². The minimum atomic E-state index is -5.77. The number of pyridine rings is 2. The predicted molar refractivity (Wildman–Crippen MR) is 87.3 cm³/mol. The van der Waals surface area contributed by atoms with Gasteiger partial charge in [-0.15, -0.1) is 0 Å². The van der Waals surface area contributed by atoms with Crippen LogP contribution in [-0.4, -0.2) is 42.9 Å². The first-order chi connectivity index (χ1) is 12.7. The number of hydrogen-bond acceptors (Lipinski definition) is 7. The summed E-state index contributed by atoms with van der Waals surface area (Å²) in [7, 11) is -5.77. The molecule has 0 spiro atoms. The molecule has 1 amide bonds. The van der Waals surface area contributed by atoms with Crippen LogP contribution >= 0.6 is 0 Å². The Morgan fingerprint density at radius 3 is 2.48 bits per heavy atom. The number of carbonyl (C=O) groups excluding carboxylic acids is 1. The van der Waals surface area contributed by atoms with Crippen LogP contribution in [0.25, 0.3) is 0 Å². The van der Waals surface area contributed by atoms with E-state index in [1.807, 2.05) is 6.07 Å². The molecule has 2 heterocycles. The van der Waals surface area contributed by atoms with Gasteiger partial charge in [0.2, 0.25) is 0 Å². The molecule has 0 aromatic carbocycles. The van der Waals surface area contributed by atoms with Gasteiger partial charge in [-0.2, -0.15) is 18.4 Å². The van der Waals surface area contributed by atoms with Crippen molar-refractivity contribution >= 4 is 21.6 Å². The molecule has 142 valence electrons. The van der Waals surface area contributed by atoms with Crippen LogP contribution in [-0.2, 0) is 9.84 Å². The third-order valence-corrected chi connectivity index (χ3v) is 4.65. The SMILES string of the molecule is N#Cc1cccnc1NCCNC(=O)c1cccnc1S(=O)(=O)C(F)(F)F. The van der Waals surface area contributed by atoms with E-state index in [1.54, 1.807) is 6.07 Å². The lowest BCUT2D eigenvalue weighted by Crippen LogP contribution is -2.32. The molecule has 8 nitrogen and oxygen atoms in total. The lowest BCUT2D eigenvalue weighted by Gasteiger charge is -2.12. The van der Waals surface area contributed by atoms with Crippen LogP contribution in [0.2, 0.25) is 0 Å². The van der Waals surface area contributed by atoms with Crippen LogP contribution in [0, 0.1) is 11.3 Å². The Balaban J connectivity index is 2.07. The van der Waals surface area contributed by atoms with Gasteiger partial charge in [-0.1, -0.05) is 0 Å². The van der Waals surface area contributed by atoms with Crippen molar-refractivity contribution in [2.24, 2.45) is 0 Å². The van der Waals surface area contributed by atoms with E-state index in [9.17, 15) is 26.4 Å². The van der Waals surface area contributed by atoms with Gasteiger partial charge in [-0.3, -0.25) is 4.79 Å². The van der Waals surface area contributed by atoms with Crippen molar-refractivity contribution in [3.63, 3.8) is 0 Å². The Kier molecular flexibility index (Phi) is 5.96. The van der Waals surface area contributed by atoms with E-state index < -0.39 is 31.8 Å². The van der Waals surface area contributed by atoms with Crippen LogP contribution in [0.1, 0.15) is 15.9 Å². The van der Waals surface area contributed by atoms with Crippen molar-refractivity contribution in [3.8, 4) is 6.07 Å². The van der Waals surface area contributed by atoms with Crippen molar-refractivity contribution in [2.75, 3.05) is 18.4 Å². The van der Waals surface area contributed by atoms with Crippen molar-refractivity contribution in [1.82, 2.24) is 15.3 Å². The molecule has 0 saturated heterocycles. The molecule has 0 saturated carbocycles. The van der Waals surface area contributed by atoms with Gasteiger partial charge in [0.15, 0.2) is 5.03 Å². The quantitative estimate of drug-likeness (QED) is 0.705. The zero-order chi connectivity index (χ0) is 20.1. The molecule has 0 fully saturated rings. The highest BCUT2D eigenvalue weighted by molar-refractivity contribution is 7.92. The number of rotatable bonds is 6. The summed E-state index contributed by atoms with van der Waals surface area (Å²) in [5, 5.41) is 12.6. The molecular weight excluding hydrogens is 387 g/mol. The second kappa shape index (κ2) is 8.00. The Morgan fingerprint density at radius 1 is 1.15 bits per heavy atom. The van der Waals surface area contributed by atoms with Crippen molar-refractivity contribution in [1.29, 1.82) is 5.26 Å². The van der Waals surface area contributed by atoms with Gasteiger partial charge >= 0.3 is 5.51 Å². The molecule has 0 aliphatic carbocycles. The monoisotopic (exact) mass is 399 g/mol. The van der Waals surface area contributed by atoms with Crippen molar-refractivity contribution < 1.29 is 26.4 Å². The fourth-order valence-corrected chi connectivity index (χ4v) is 2.85. The van der Waals surface area contributed by atoms with Gasteiger partial charge in [-0.05, 0) is 24.3 Å². The minimum absolute atomic E-state index is 0.0688. The predicted octanol–water partition coefficient (Wildman–Crippen LogP) is 1.48. The molecule has 0 bridgehead atoms. The number of aromatic nitrogens is 2. The maximum Gasteiger partial charge on any atom is 0.503 e. The lowest BCUT2D eigenvalue weighted by atomic mass is 10.2. The van der Waals surface area contributed by atoms with E-state index in [4.69, 9.17) is 5.26 Å². The molecule has 27 heavy (non-hydrogen) atoms. The number of carbonyl (C=O) groups is 1. The smallest absolute Gasteiger partial charge is 0.367 e. The maximum absolute atomic E-state index is 12.7. The molecule has 0 radical (unpaired) electrons. The zero-order valence-electron chi connectivity index (χ0n) is 13.5. The second-order valence-corrected chi connectivity index (χ2v) is 6.86. The van der Waals surface area contributed by atoms with Gasteiger partial charge in [0.25, 0.3) is 15.7 Å². The average Bonchev–Trinajstić information content (AvgIpc) is 2.64. The third kappa shape index (κ3) is 4.50. The average molecular weight is 399 g/mol. The number of hydrogen-bond donors (Lipinski definition) is 2. The van der Waals surface area contributed by atoms with Gasteiger partial charge < -0.3 is 10.6 Å². The summed E-state index contributed by atoms with van der Waals surface area (Å²) >= 11 is 0. The number of nitriles is 1. The fraction of sp³-hybridized carbons (Fsp3) is 0.200. The minimum Gasteiger partial charge on any atom is -0.367 e. The highest BCUT2D eigenvalue weighted by Gasteiger charge is 2.49. The summed E-state index contributed by atoms with van der Waals surface area (Å²) < 4.78 is 61.3. The normalized spacial score (nSPS) is 11.5. The van der Waals surface area contributed by atoms with E-state index in [0.717, 1.165) is 18.3 Å². The highest BCUT2D eigenvalue weighted by atomic mass is 32.2. The summed E-state index contributed by atoms with van der Waals surface area (Å²) in [5.41, 5.74) is -6.02. The fourth-order valence-electron chi connectivity index (χ4n) is 1.98. The number of sulfone groups is 1. The van der Waals surface area contributed by atoms with Gasteiger partial charge in [0.1, 0.15) is 11.9 Å². The van der Waals surface area contributed by atoms with E-state index in [2.05, 4.69) is 20.6 Å². The Labute approximate surface area is 152 Å². The van der Waals surface area contributed by atoms with Crippen LogP contribution in [0.4, 0.5) is 19.0 Å². The van der Waals surface area contributed by atoms with Crippen molar-refractivity contribution in [2.45, 2.75) is 10.5 Å². The van der Waals surface area contributed by atoms with Gasteiger partial charge in [0, 0.05) is 25.5 Å². The van der Waals surface area contributed by atoms with E-state index in [0.29, 0.717) is 0 Å². The molecule has 0 aliphatic rings. The number of nitrogens with one attached hydrogen (secondary N) is 2. The molecule has 2 rings (SSSR count). The molecule has 12 heteroatoms. The molecule has 2 N–H and O–H groups in total. The van der Waals surface area contributed by atoms with Crippen LogP contribution in [0.3, 0.4) is 0 Å². The second-order valence-electron chi connectivity index (χ2n) is 5.00. The zero-order valence-corrected chi connectivity index (χ0v) is 14.3. The molecule has 2 aromatic heterocycles. The largest absolute Gasteiger partial charge is 0.503 e. The molecule has 2 aromatic rings. The summed E-state index contributed by atoms with van der Waals surface area (Å²) in [6.07, 6.45) is 2.30. The van der Waals surface area contributed by atoms with Gasteiger partial charge in [-0.25, -0.2) is 18.4 Å². The first kappa shape index (κ1) is 20.1. The molecular formula is C15H12F3N5O3S. The lowest BCUT2D eigenvalue weighted by molar-refractivity contribution is -0.0438. The van der Waals surface area contributed by atoms with Crippen LogP contribution in [0.5, 0.6) is 0 Å². The van der Waals surface area contributed by atoms with E-state index in [1.165, 1.54) is 12.3 Å². The van der Waals surface area contributed by atoms with Crippen molar-refractivity contribution in [3.05, 3.63) is 47.8 Å². The maximum atomic E-state index is 12.7. The summed E-state index contributed by atoms with van der Waals surface area (Å²) in [6, 6.07) is 7.09. The Hall–Kier alpha value is -3.20. The first-order valence-electron chi connectivity index (χ1n) is 7.32. The molecule has 0 aliphatic heterocycles. The van der Waals surface area contributed by atoms with E-state index >= 15 is 0 Å². The number of nitrogens with zero attached hydrogens (tertiary/aromatic N) is 3.